The normalized spacial score (nSPS) is 21.6. The van der Waals surface area contributed by atoms with Crippen LogP contribution in [0.1, 0.15) is 12.0 Å². The minimum absolute atomic E-state index is 0.230. The van der Waals surface area contributed by atoms with Crippen LogP contribution in [0.15, 0.2) is 18.2 Å². The van der Waals surface area contributed by atoms with Gasteiger partial charge in [-0.15, -0.1) is 0 Å². The third-order valence-corrected chi connectivity index (χ3v) is 3.37. The first-order valence-electron chi connectivity index (χ1n) is 5.51. The van der Waals surface area contributed by atoms with Crippen LogP contribution in [0.25, 0.3) is 0 Å². The van der Waals surface area contributed by atoms with Crippen LogP contribution in [0.5, 0.6) is 0 Å². The maximum absolute atomic E-state index is 13.5. The van der Waals surface area contributed by atoms with Gasteiger partial charge in [0.05, 0.1) is 0 Å². The molecule has 1 heterocycles. The molecule has 1 fully saturated rings. The SMILES string of the molecule is CN1CCC(NCc2c(F)cccc2Cl)C1. The highest BCUT2D eigenvalue weighted by Crippen LogP contribution is 2.19. The number of hydrogen-bond acceptors (Lipinski definition) is 2. The molecule has 0 amide bonds. The van der Waals surface area contributed by atoms with Crippen molar-refractivity contribution in [2.75, 3.05) is 20.1 Å². The highest BCUT2D eigenvalue weighted by Gasteiger charge is 2.19. The summed E-state index contributed by atoms with van der Waals surface area (Å²) in [4.78, 5) is 2.26. The average molecular weight is 243 g/mol. The van der Waals surface area contributed by atoms with E-state index in [1.165, 1.54) is 6.07 Å². The standard InChI is InChI=1S/C12H16ClFN2/c1-16-6-5-9(8-16)15-7-10-11(13)3-2-4-12(10)14/h2-4,9,15H,5-8H2,1H3. The van der Waals surface area contributed by atoms with Crippen molar-refractivity contribution < 1.29 is 4.39 Å². The Morgan fingerprint density at radius 3 is 3.00 bits per heavy atom. The maximum atomic E-state index is 13.5. The molecule has 2 rings (SSSR count). The smallest absolute Gasteiger partial charge is 0.129 e. The number of benzene rings is 1. The van der Waals surface area contributed by atoms with Gasteiger partial charge in [0, 0.05) is 29.7 Å². The fourth-order valence-electron chi connectivity index (χ4n) is 2.05. The van der Waals surface area contributed by atoms with E-state index in [2.05, 4.69) is 17.3 Å². The molecule has 0 aliphatic carbocycles. The number of likely N-dealkylation sites (tertiary alicyclic amines) is 1. The summed E-state index contributed by atoms with van der Waals surface area (Å²) in [5, 5.41) is 3.84. The molecule has 0 aromatic heterocycles. The summed E-state index contributed by atoms with van der Waals surface area (Å²) in [6, 6.07) is 5.25. The Kier molecular flexibility index (Phi) is 3.79. The Morgan fingerprint density at radius 2 is 2.38 bits per heavy atom. The summed E-state index contributed by atoms with van der Waals surface area (Å²) < 4.78 is 13.5. The van der Waals surface area contributed by atoms with Crippen LogP contribution in [-0.4, -0.2) is 31.1 Å². The van der Waals surface area contributed by atoms with E-state index in [9.17, 15) is 4.39 Å². The van der Waals surface area contributed by atoms with Crippen molar-refractivity contribution in [2.45, 2.75) is 19.0 Å². The fourth-order valence-corrected chi connectivity index (χ4v) is 2.28. The van der Waals surface area contributed by atoms with Gasteiger partial charge in [0.25, 0.3) is 0 Å². The molecule has 1 N–H and O–H groups in total. The van der Waals surface area contributed by atoms with Crippen molar-refractivity contribution in [1.29, 1.82) is 0 Å². The van der Waals surface area contributed by atoms with Crippen molar-refractivity contribution in [3.05, 3.63) is 34.6 Å². The zero-order valence-electron chi connectivity index (χ0n) is 9.34. The average Bonchev–Trinajstić information content (AvgIpc) is 2.63. The van der Waals surface area contributed by atoms with Gasteiger partial charge in [-0.1, -0.05) is 17.7 Å². The largest absolute Gasteiger partial charge is 0.308 e. The second kappa shape index (κ2) is 5.13. The van der Waals surface area contributed by atoms with E-state index in [4.69, 9.17) is 11.6 Å². The molecule has 16 heavy (non-hydrogen) atoms. The number of nitrogens with one attached hydrogen (secondary N) is 1. The summed E-state index contributed by atoms with van der Waals surface area (Å²) in [6.07, 6.45) is 1.11. The van der Waals surface area contributed by atoms with Crippen LogP contribution in [0.2, 0.25) is 5.02 Å². The van der Waals surface area contributed by atoms with Gasteiger partial charge in [-0.2, -0.15) is 0 Å². The second-order valence-electron chi connectivity index (χ2n) is 4.33. The van der Waals surface area contributed by atoms with Gasteiger partial charge in [0.1, 0.15) is 5.82 Å². The highest BCUT2D eigenvalue weighted by molar-refractivity contribution is 6.31. The summed E-state index contributed by atoms with van der Waals surface area (Å²) in [5.74, 6) is -0.230. The fraction of sp³-hybridized carbons (Fsp3) is 0.500. The molecule has 1 aliphatic rings. The van der Waals surface area contributed by atoms with Crippen molar-refractivity contribution in [2.24, 2.45) is 0 Å². The van der Waals surface area contributed by atoms with Crippen LogP contribution in [0, 0.1) is 5.82 Å². The lowest BCUT2D eigenvalue weighted by atomic mass is 10.2. The lowest BCUT2D eigenvalue weighted by Gasteiger charge is -2.13. The molecule has 1 aromatic rings. The van der Waals surface area contributed by atoms with Gasteiger partial charge >= 0.3 is 0 Å². The van der Waals surface area contributed by atoms with Crippen LogP contribution >= 0.6 is 11.6 Å². The molecule has 1 atom stereocenters. The van der Waals surface area contributed by atoms with Gasteiger partial charge in [-0.25, -0.2) is 4.39 Å². The molecule has 0 radical (unpaired) electrons. The zero-order valence-corrected chi connectivity index (χ0v) is 10.1. The van der Waals surface area contributed by atoms with E-state index in [0.29, 0.717) is 23.2 Å². The molecule has 1 aromatic carbocycles. The molecule has 2 nitrogen and oxygen atoms in total. The zero-order chi connectivity index (χ0) is 11.5. The molecule has 0 bridgehead atoms. The van der Waals surface area contributed by atoms with Gasteiger partial charge in [0.15, 0.2) is 0 Å². The third-order valence-electron chi connectivity index (χ3n) is 3.02. The lowest BCUT2D eigenvalue weighted by Crippen LogP contribution is -2.31. The summed E-state index contributed by atoms with van der Waals surface area (Å²) in [6.45, 7) is 2.62. The predicted molar refractivity (Wildman–Crippen MR) is 64.2 cm³/mol. The molecule has 88 valence electrons. The number of nitrogens with zero attached hydrogens (tertiary/aromatic N) is 1. The first-order valence-corrected chi connectivity index (χ1v) is 5.89. The Hall–Kier alpha value is -0.640. The first kappa shape index (κ1) is 11.8. The summed E-state index contributed by atoms with van der Waals surface area (Å²) in [7, 11) is 2.09. The van der Waals surface area contributed by atoms with Gasteiger partial charge in [-0.05, 0) is 32.1 Å². The highest BCUT2D eigenvalue weighted by atomic mass is 35.5. The van der Waals surface area contributed by atoms with Gasteiger partial charge in [-0.3, -0.25) is 0 Å². The lowest BCUT2D eigenvalue weighted by molar-refractivity contribution is 0.397. The third kappa shape index (κ3) is 2.73. The van der Waals surface area contributed by atoms with E-state index in [-0.39, 0.29) is 5.82 Å². The van der Waals surface area contributed by atoms with E-state index in [1.54, 1.807) is 12.1 Å². The van der Waals surface area contributed by atoms with Crippen LogP contribution in [0.4, 0.5) is 4.39 Å². The number of hydrogen-bond donors (Lipinski definition) is 1. The molecule has 1 aliphatic heterocycles. The first-order chi connectivity index (χ1) is 7.66. The van der Waals surface area contributed by atoms with E-state index in [1.807, 2.05) is 0 Å². The van der Waals surface area contributed by atoms with Crippen LogP contribution < -0.4 is 5.32 Å². The van der Waals surface area contributed by atoms with Crippen molar-refractivity contribution in [3.63, 3.8) is 0 Å². The minimum atomic E-state index is -0.230. The maximum Gasteiger partial charge on any atom is 0.129 e. The van der Waals surface area contributed by atoms with E-state index in [0.717, 1.165) is 19.5 Å². The van der Waals surface area contributed by atoms with E-state index < -0.39 is 0 Å². The van der Waals surface area contributed by atoms with Crippen molar-refractivity contribution >= 4 is 11.6 Å². The molecule has 1 unspecified atom stereocenters. The van der Waals surface area contributed by atoms with Crippen molar-refractivity contribution in [1.82, 2.24) is 10.2 Å². The van der Waals surface area contributed by atoms with Gasteiger partial charge in [0.2, 0.25) is 0 Å². The quantitative estimate of drug-likeness (QED) is 0.875. The van der Waals surface area contributed by atoms with E-state index >= 15 is 0 Å². The molecule has 0 saturated carbocycles. The molecule has 0 spiro atoms. The number of halogens is 2. The van der Waals surface area contributed by atoms with Gasteiger partial charge < -0.3 is 10.2 Å². The molecular formula is C12H16ClFN2. The molecular weight excluding hydrogens is 227 g/mol. The van der Waals surface area contributed by atoms with Crippen molar-refractivity contribution in [3.8, 4) is 0 Å². The summed E-state index contributed by atoms with van der Waals surface area (Å²) in [5.41, 5.74) is 0.568. The Morgan fingerprint density at radius 1 is 1.56 bits per heavy atom. The Bertz CT molecular complexity index is 350. The number of likely N-dealkylation sites (N-methyl/N-ethyl adjacent to an activating group) is 1. The topological polar surface area (TPSA) is 15.3 Å². The molecule has 1 saturated heterocycles. The monoisotopic (exact) mass is 242 g/mol. The number of rotatable bonds is 3. The Labute approximate surface area is 100 Å². The minimum Gasteiger partial charge on any atom is -0.308 e. The van der Waals surface area contributed by atoms with Crippen LogP contribution in [0.3, 0.4) is 0 Å². The second-order valence-corrected chi connectivity index (χ2v) is 4.74. The Balaban J connectivity index is 1.94. The summed E-state index contributed by atoms with van der Waals surface area (Å²) >= 11 is 5.95. The predicted octanol–water partition coefficient (Wildman–Crippen LogP) is 2.27. The molecule has 4 heteroatoms. The van der Waals surface area contributed by atoms with Crippen LogP contribution in [-0.2, 0) is 6.54 Å².